The number of carbonyl (C=O) groups is 1. The molecule has 2 atom stereocenters. The predicted octanol–water partition coefficient (Wildman–Crippen LogP) is 4.85. The van der Waals surface area contributed by atoms with E-state index in [9.17, 15) is 4.79 Å². The molecule has 2 unspecified atom stereocenters. The van der Waals surface area contributed by atoms with Crippen molar-refractivity contribution in [3.8, 4) is 5.75 Å². The van der Waals surface area contributed by atoms with Crippen LogP contribution in [-0.2, 0) is 4.79 Å². The third kappa shape index (κ3) is 3.13. The maximum atomic E-state index is 12.4. The van der Waals surface area contributed by atoms with Crippen molar-refractivity contribution in [1.82, 2.24) is 0 Å². The molecule has 1 N–H and O–H groups in total. The van der Waals surface area contributed by atoms with E-state index < -0.39 is 0 Å². The van der Waals surface area contributed by atoms with E-state index in [-0.39, 0.29) is 17.7 Å². The van der Waals surface area contributed by atoms with Crippen molar-refractivity contribution in [3.05, 3.63) is 57.5 Å². The number of halogens is 2. The van der Waals surface area contributed by atoms with Crippen molar-refractivity contribution in [2.45, 2.75) is 12.3 Å². The topological polar surface area (TPSA) is 38.3 Å². The smallest absolute Gasteiger partial charge is 0.228 e. The van der Waals surface area contributed by atoms with E-state index in [0.29, 0.717) is 11.4 Å². The number of amides is 1. The second-order valence-corrected chi connectivity index (χ2v) is 6.63. The Morgan fingerprint density at radius 1 is 1.32 bits per heavy atom. The van der Waals surface area contributed by atoms with E-state index in [1.807, 2.05) is 42.5 Å². The Balaban J connectivity index is 1.72. The standard InChI is InChI=1S/C17H15BrClNO2/c1-22-16-7-6-10(18)8-15(16)20-17(21)13-9-12(13)11-4-2-3-5-14(11)19/h2-8,12-13H,9H2,1H3,(H,20,21). The van der Waals surface area contributed by atoms with E-state index >= 15 is 0 Å². The van der Waals surface area contributed by atoms with Gasteiger partial charge in [-0.2, -0.15) is 0 Å². The molecule has 114 valence electrons. The molecule has 2 aromatic carbocycles. The van der Waals surface area contributed by atoms with Crippen LogP contribution in [0.5, 0.6) is 5.75 Å². The van der Waals surface area contributed by atoms with Gasteiger partial charge in [-0.3, -0.25) is 4.79 Å². The molecule has 0 spiro atoms. The molecule has 2 aromatic rings. The molecule has 1 aliphatic carbocycles. The fraction of sp³-hybridized carbons (Fsp3) is 0.235. The average Bonchev–Trinajstić information content (AvgIpc) is 3.28. The molecular formula is C17H15BrClNO2. The molecule has 3 rings (SSSR count). The Morgan fingerprint density at radius 3 is 2.82 bits per heavy atom. The summed E-state index contributed by atoms with van der Waals surface area (Å²) >= 11 is 9.60. The number of carbonyl (C=O) groups excluding carboxylic acids is 1. The van der Waals surface area contributed by atoms with Gasteiger partial charge in [-0.15, -0.1) is 0 Å². The van der Waals surface area contributed by atoms with Gasteiger partial charge in [-0.1, -0.05) is 45.7 Å². The molecule has 1 aliphatic rings. The van der Waals surface area contributed by atoms with Crippen LogP contribution >= 0.6 is 27.5 Å². The molecule has 0 radical (unpaired) electrons. The summed E-state index contributed by atoms with van der Waals surface area (Å²) in [6.07, 6.45) is 0.825. The van der Waals surface area contributed by atoms with Gasteiger partial charge >= 0.3 is 0 Å². The van der Waals surface area contributed by atoms with Crippen molar-refractivity contribution >= 4 is 39.1 Å². The first-order chi connectivity index (χ1) is 10.6. The minimum Gasteiger partial charge on any atom is -0.495 e. The Kier molecular flexibility index (Phi) is 4.41. The Hall–Kier alpha value is -1.52. The fourth-order valence-corrected chi connectivity index (χ4v) is 3.24. The third-order valence-electron chi connectivity index (χ3n) is 3.85. The minimum atomic E-state index is -0.0383. The van der Waals surface area contributed by atoms with Crippen LogP contribution < -0.4 is 10.1 Å². The van der Waals surface area contributed by atoms with Gasteiger partial charge in [0.2, 0.25) is 5.91 Å². The second-order valence-electron chi connectivity index (χ2n) is 5.30. The number of hydrogen-bond donors (Lipinski definition) is 1. The first kappa shape index (κ1) is 15.4. The lowest BCUT2D eigenvalue weighted by Crippen LogP contribution is -2.15. The summed E-state index contributed by atoms with van der Waals surface area (Å²) in [5.41, 5.74) is 1.72. The second kappa shape index (κ2) is 6.31. The minimum absolute atomic E-state index is 0.00122. The van der Waals surface area contributed by atoms with Gasteiger partial charge in [-0.05, 0) is 42.2 Å². The third-order valence-corrected chi connectivity index (χ3v) is 4.69. The molecule has 0 aliphatic heterocycles. The van der Waals surface area contributed by atoms with E-state index in [4.69, 9.17) is 16.3 Å². The van der Waals surface area contributed by atoms with Gasteiger partial charge in [0.05, 0.1) is 12.8 Å². The SMILES string of the molecule is COc1ccc(Br)cc1NC(=O)C1CC1c1ccccc1Cl. The lowest BCUT2D eigenvalue weighted by Gasteiger charge is -2.10. The molecule has 1 fully saturated rings. The molecule has 22 heavy (non-hydrogen) atoms. The summed E-state index contributed by atoms with van der Waals surface area (Å²) in [6, 6.07) is 13.2. The summed E-state index contributed by atoms with van der Waals surface area (Å²) in [6.45, 7) is 0. The zero-order valence-electron chi connectivity index (χ0n) is 12.0. The molecule has 3 nitrogen and oxygen atoms in total. The van der Waals surface area contributed by atoms with Crippen LogP contribution in [0.25, 0.3) is 0 Å². The van der Waals surface area contributed by atoms with E-state index in [0.717, 1.165) is 21.5 Å². The molecular weight excluding hydrogens is 366 g/mol. The van der Waals surface area contributed by atoms with Gasteiger partial charge in [-0.25, -0.2) is 0 Å². The lowest BCUT2D eigenvalue weighted by atomic mass is 10.1. The Bertz CT molecular complexity index is 720. The highest BCUT2D eigenvalue weighted by Gasteiger charge is 2.44. The van der Waals surface area contributed by atoms with Gasteiger partial charge in [0.1, 0.15) is 5.75 Å². The van der Waals surface area contributed by atoms with Crippen molar-refractivity contribution in [2.24, 2.45) is 5.92 Å². The van der Waals surface area contributed by atoms with Crippen LogP contribution in [0.4, 0.5) is 5.69 Å². The zero-order chi connectivity index (χ0) is 15.7. The number of methoxy groups -OCH3 is 1. The quantitative estimate of drug-likeness (QED) is 0.823. The summed E-state index contributed by atoms with van der Waals surface area (Å²) in [5, 5.41) is 3.67. The van der Waals surface area contributed by atoms with E-state index in [1.165, 1.54) is 0 Å². The molecule has 0 bridgehead atoms. The van der Waals surface area contributed by atoms with Crippen molar-refractivity contribution in [2.75, 3.05) is 12.4 Å². The molecule has 0 aromatic heterocycles. The summed E-state index contributed by atoms with van der Waals surface area (Å²) in [4.78, 5) is 12.4. The van der Waals surface area contributed by atoms with Gasteiger partial charge in [0.15, 0.2) is 0 Å². The Morgan fingerprint density at radius 2 is 2.09 bits per heavy atom. The normalized spacial score (nSPS) is 19.6. The maximum Gasteiger partial charge on any atom is 0.228 e. The first-order valence-electron chi connectivity index (χ1n) is 6.99. The number of ether oxygens (including phenoxy) is 1. The monoisotopic (exact) mass is 379 g/mol. The summed E-state index contributed by atoms with van der Waals surface area (Å²) < 4.78 is 6.17. The average molecular weight is 381 g/mol. The molecule has 0 saturated heterocycles. The van der Waals surface area contributed by atoms with E-state index in [1.54, 1.807) is 7.11 Å². The number of rotatable bonds is 4. The number of nitrogens with one attached hydrogen (secondary N) is 1. The van der Waals surface area contributed by atoms with E-state index in [2.05, 4.69) is 21.2 Å². The van der Waals surface area contributed by atoms with Crippen molar-refractivity contribution in [3.63, 3.8) is 0 Å². The largest absolute Gasteiger partial charge is 0.495 e. The number of hydrogen-bond acceptors (Lipinski definition) is 2. The summed E-state index contributed by atoms with van der Waals surface area (Å²) in [7, 11) is 1.59. The first-order valence-corrected chi connectivity index (χ1v) is 8.16. The van der Waals surface area contributed by atoms with Crippen LogP contribution in [0.1, 0.15) is 17.9 Å². The van der Waals surface area contributed by atoms with Crippen molar-refractivity contribution < 1.29 is 9.53 Å². The number of anilines is 1. The Labute approximate surface area is 142 Å². The molecule has 0 heterocycles. The van der Waals surface area contributed by atoms with Crippen LogP contribution in [0.3, 0.4) is 0 Å². The predicted molar refractivity (Wildman–Crippen MR) is 91.6 cm³/mol. The zero-order valence-corrected chi connectivity index (χ0v) is 14.3. The number of benzene rings is 2. The highest BCUT2D eigenvalue weighted by molar-refractivity contribution is 9.10. The van der Waals surface area contributed by atoms with Crippen LogP contribution in [-0.4, -0.2) is 13.0 Å². The highest BCUT2D eigenvalue weighted by Crippen LogP contribution is 2.50. The van der Waals surface area contributed by atoms with Crippen LogP contribution in [0, 0.1) is 5.92 Å². The van der Waals surface area contributed by atoms with Gasteiger partial charge in [0.25, 0.3) is 0 Å². The van der Waals surface area contributed by atoms with Gasteiger partial charge < -0.3 is 10.1 Å². The molecule has 1 amide bonds. The van der Waals surface area contributed by atoms with Crippen molar-refractivity contribution in [1.29, 1.82) is 0 Å². The maximum absolute atomic E-state index is 12.4. The van der Waals surface area contributed by atoms with Gasteiger partial charge in [0, 0.05) is 15.4 Å². The molecule has 1 saturated carbocycles. The fourth-order valence-electron chi connectivity index (χ4n) is 2.61. The summed E-state index contributed by atoms with van der Waals surface area (Å²) in [5.74, 6) is 0.809. The van der Waals surface area contributed by atoms with Crippen LogP contribution in [0.15, 0.2) is 46.9 Å². The van der Waals surface area contributed by atoms with Crippen LogP contribution in [0.2, 0.25) is 5.02 Å². The molecule has 5 heteroatoms. The lowest BCUT2D eigenvalue weighted by molar-refractivity contribution is -0.117. The highest BCUT2D eigenvalue weighted by atomic mass is 79.9.